The van der Waals surface area contributed by atoms with Crippen LogP contribution in [0, 0.1) is 5.92 Å². The molecule has 1 aliphatic rings. The molecular formula is C14H23N3O2S. The van der Waals surface area contributed by atoms with E-state index in [0.29, 0.717) is 24.8 Å². The van der Waals surface area contributed by atoms with Gasteiger partial charge in [0.1, 0.15) is 10.7 Å². The van der Waals surface area contributed by atoms with Gasteiger partial charge in [0.25, 0.3) is 0 Å². The van der Waals surface area contributed by atoms with E-state index in [4.69, 9.17) is 0 Å². The summed E-state index contributed by atoms with van der Waals surface area (Å²) < 4.78 is 26.7. The summed E-state index contributed by atoms with van der Waals surface area (Å²) in [7, 11) is -1.81. The molecule has 0 radical (unpaired) electrons. The third-order valence-electron chi connectivity index (χ3n) is 3.74. The number of rotatable bonds is 7. The number of aromatic nitrogens is 1. The highest BCUT2D eigenvalue weighted by Crippen LogP contribution is 2.29. The van der Waals surface area contributed by atoms with Crippen molar-refractivity contribution in [3.8, 4) is 0 Å². The standard InChI is InChI=1S/C14H23N3O2S/c1-3-9-15-14-13(8-5-10-16-14)20(18,19)17(2)11-12-6-4-7-12/h5,8,10,12H,3-4,6-7,9,11H2,1-2H3,(H,15,16). The van der Waals surface area contributed by atoms with Crippen LogP contribution in [0.25, 0.3) is 0 Å². The van der Waals surface area contributed by atoms with Gasteiger partial charge in [-0.2, -0.15) is 0 Å². The van der Waals surface area contributed by atoms with Crippen LogP contribution in [0.5, 0.6) is 0 Å². The van der Waals surface area contributed by atoms with Crippen molar-refractivity contribution in [2.45, 2.75) is 37.5 Å². The lowest BCUT2D eigenvalue weighted by molar-refractivity contribution is 0.263. The zero-order valence-electron chi connectivity index (χ0n) is 12.2. The van der Waals surface area contributed by atoms with E-state index in [1.807, 2.05) is 6.92 Å². The van der Waals surface area contributed by atoms with Gasteiger partial charge in [-0.25, -0.2) is 17.7 Å². The molecule has 1 fully saturated rings. The second kappa shape index (κ2) is 6.54. The molecule has 6 heteroatoms. The van der Waals surface area contributed by atoms with Gasteiger partial charge in [-0.1, -0.05) is 13.3 Å². The summed E-state index contributed by atoms with van der Waals surface area (Å²) in [5.74, 6) is 0.966. The summed E-state index contributed by atoms with van der Waals surface area (Å²) in [6, 6.07) is 3.29. The highest BCUT2D eigenvalue weighted by atomic mass is 32.2. The Kier molecular flexibility index (Phi) is 4.99. The molecule has 1 aliphatic carbocycles. The number of hydrogen-bond donors (Lipinski definition) is 1. The van der Waals surface area contributed by atoms with Crippen LogP contribution in [0.4, 0.5) is 5.82 Å². The molecule has 0 unspecified atom stereocenters. The summed E-state index contributed by atoms with van der Waals surface area (Å²) >= 11 is 0. The molecule has 2 rings (SSSR count). The number of nitrogens with one attached hydrogen (secondary N) is 1. The van der Waals surface area contributed by atoms with E-state index in [1.54, 1.807) is 25.4 Å². The van der Waals surface area contributed by atoms with Gasteiger partial charge < -0.3 is 5.32 Å². The maximum absolute atomic E-state index is 12.6. The van der Waals surface area contributed by atoms with Crippen molar-refractivity contribution in [1.29, 1.82) is 0 Å². The summed E-state index contributed by atoms with van der Waals surface area (Å²) in [5, 5.41) is 3.09. The average molecular weight is 297 g/mol. The molecule has 5 nitrogen and oxygen atoms in total. The van der Waals surface area contributed by atoms with Crippen molar-refractivity contribution in [3.63, 3.8) is 0 Å². The third-order valence-corrected chi connectivity index (χ3v) is 5.60. The second-order valence-electron chi connectivity index (χ2n) is 5.36. The van der Waals surface area contributed by atoms with E-state index in [2.05, 4.69) is 10.3 Å². The monoisotopic (exact) mass is 297 g/mol. The van der Waals surface area contributed by atoms with E-state index in [0.717, 1.165) is 19.3 Å². The third kappa shape index (κ3) is 3.30. The first-order valence-corrected chi connectivity index (χ1v) is 8.65. The molecule has 0 spiro atoms. The molecule has 0 amide bonds. The minimum atomic E-state index is -3.46. The molecule has 0 aromatic carbocycles. The molecule has 20 heavy (non-hydrogen) atoms. The molecule has 0 bridgehead atoms. The van der Waals surface area contributed by atoms with Crippen molar-refractivity contribution in [1.82, 2.24) is 9.29 Å². The van der Waals surface area contributed by atoms with Crippen LogP contribution >= 0.6 is 0 Å². The van der Waals surface area contributed by atoms with Gasteiger partial charge in [0.15, 0.2) is 0 Å². The topological polar surface area (TPSA) is 62.3 Å². The maximum Gasteiger partial charge on any atom is 0.246 e. The fourth-order valence-corrected chi connectivity index (χ4v) is 3.64. The molecule has 0 saturated heterocycles. The summed E-state index contributed by atoms with van der Waals surface area (Å²) in [4.78, 5) is 4.43. The number of sulfonamides is 1. The SMILES string of the molecule is CCCNc1ncccc1S(=O)(=O)N(C)CC1CCC1. The lowest BCUT2D eigenvalue weighted by atomic mass is 9.86. The van der Waals surface area contributed by atoms with E-state index >= 15 is 0 Å². The first kappa shape index (κ1) is 15.3. The van der Waals surface area contributed by atoms with Gasteiger partial charge in [0, 0.05) is 26.3 Å². The highest BCUT2D eigenvalue weighted by molar-refractivity contribution is 7.89. The molecular weight excluding hydrogens is 274 g/mol. The Morgan fingerprint density at radius 1 is 1.45 bits per heavy atom. The van der Waals surface area contributed by atoms with E-state index < -0.39 is 10.0 Å². The molecule has 1 N–H and O–H groups in total. The summed E-state index contributed by atoms with van der Waals surface area (Å²) in [5.41, 5.74) is 0. The summed E-state index contributed by atoms with van der Waals surface area (Å²) in [6.07, 6.45) is 6.02. The molecule has 0 aliphatic heterocycles. The smallest absolute Gasteiger partial charge is 0.246 e. The predicted molar refractivity (Wildman–Crippen MR) is 80.2 cm³/mol. The van der Waals surface area contributed by atoms with E-state index in [-0.39, 0.29) is 4.90 Å². The first-order chi connectivity index (χ1) is 9.55. The Labute approximate surface area is 121 Å². The van der Waals surface area contributed by atoms with Crippen LogP contribution in [-0.4, -0.2) is 37.8 Å². The Bertz CT molecular complexity index is 541. The molecule has 1 saturated carbocycles. The van der Waals surface area contributed by atoms with Crippen LogP contribution in [0.3, 0.4) is 0 Å². The number of pyridine rings is 1. The zero-order chi connectivity index (χ0) is 14.6. The lowest BCUT2D eigenvalue weighted by Crippen LogP contribution is -2.34. The molecule has 1 aromatic heterocycles. The molecule has 0 atom stereocenters. The van der Waals surface area contributed by atoms with Crippen LogP contribution in [0.1, 0.15) is 32.6 Å². The fourth-order valence-electron chi connectivity index (χ4n) is 2.28. The minimum Gasteiger partial charge on any atom is -0.369 e. The van der Waals surface area contributed by atoms with Crippen molar-refractivity contribution in [3.05, 3.63) is 18.3 Å². The predicted octanol–water partition coefficient (Wildman–Crippen LogP) is 2.32. The van der Waals surface area contributed by atoms with Crippen molar-refractivity contribution in [2.24, 2.45) is 5.92 Å². The number of anilines is 1. The molecule has 1 heterocycles. The quantitative estimate of drug-likeness (QED) is 0.839. The Balaban J connectivity index is 2.18. The Hall–Kier alpha value is -1.14. The second-order valence-corrected chi connectivity index (χ2v) is 7.37. The van der Waals surface area contributed by atoms with Gasteiger partial charge in [-0.15, -0.1) is 0 Å². The average Bonchev–Trinajstić information content (AvgIpc) is 2.40. The molecule has 1 aromatic rings. The summed E-state index contributed by atoms with van der Waals surface area (Å²) in [6.45, 7) is 3.35. The van der Waals surface area contributed by atoms with Gasteiger partial charge in [0.05, 0.1) is 0 Å². The number of nitrogens with zero attached hydrogens (tertiary/aromatic N) is 2. The van der Waals surface area contributed by atoms with Gasteiger partial charge >= 0.3 is 0 Å². The first-order valence-electron chi connectivity index (χ1n) is 7.21. The van der Waals surface area contributed by atoms with Crippen LogP contribution in [-0.2, 0) is 10.0 Å². The lowest BCUT2D eigenvalue weighted by Gasteiger charge is -2.29. The number of hydrogen-bond acceptors (Lipinski definition) is 4. The Morgan fingerprint density at radius 3 is 2.80 bits per heavy atom. The van der Waals surface area contributed by atoms with Crippen LogP contribution in [0.2, 0.25) is 0 Å². The van der Waals surface area contributed by atoms with Crippen LogP contribution < -0.4 is 5.32 Å². The maximum atomic E-state index is 12.6. The largest absolute Gasteiger partial charge is 0.369 e. The van der Waals surface area contributed by atoms with Gasteiger partial charge in [-0.3, -0.25) is 0 Å². The fraction of sp³-hybridized carbons (Fsp3) is 0.643. The molecule has 112 valence electrons. The minimum absolute atomic E-state index is 0.273. The van der Waals surface area contributed by atoms with E-state index in [9.17, 15) is 8.42 Å². The van der Waals surface area contributed by atoms with Gasteiger partial charge in [-0.05, 0) is 37.3 Å². The van der Waals surface area contributed by atoms with Crippen LogP contribution in [0.15, 0.2) is 23.2 Å². The normalized spacial score (nSPS) is 16.1. The van der Waals surface area contributed by atoms with Gasteiger partial charge in [0.2, 0.25) is 10.0 Å². The van der Waals surface area contributed by atoms with Crippen molar-refractivity contribution >= 4 is 15.8 Å². The zero-order valence-corrected chi connectivity index (χ0v) is 13.0. The van der Waals surface area contributed by atoms with E-state index in [1.165, 1.54) is 10.7 Å². The van der Waals surface area contributed by atoms with Crippen molar-refractivity contribution < 1.29 is 8.42 Å². The van der Waals surface area contributed by atoms with Crippen molar-refractivity contribution in [2.75, 3.05) is 25.5 Å². The highest BCUT2D eigenvalue weighted by Gasteiger charge is 2.28. The Morgan fingerprint density at radius 2 is 2.20 bits per heavy atom.